The topological polar surface area (TPSA) is 102 Å². The molecular weight excluding hydrogens is 382 g/mol. The Labute approximate surface area is 172 Å². The van der Waals surface area contributed by atoms with Gasteiger partial charge < -0.3 is 10.1 Å². The third kappa shape index (κ3) is 3.93. The molecule has 0 aliphatic carbocycles. The van der Waals surface area contributed by atoms with Crippen LogP contribution in [0.2, 0.25) is 0 Å². The number of rotatable bonds is 6. The van der Waals surface area contributed by atoms with Crippen LogP contribution in [0.15, 0.2) is 65.6 Å². The van der Waals surface area contributed by atoms with Crippen LogP contribution in [0.25, 0.3) is 22.2 Å². The fourth-order valence-electron chi connectivity index (χ4n) is 3.12. The Balaban J connectivity index is 1.56. The second kappa shape index (κ2) is 8.20. The molecular formula is C22H21N5O3. The van der Waals surface area contributed by atoms with Crippen LogP contribution >= 0.6 is 0 Å². The molecule has 0 aliphatic rings. The third-order valence-electron chi connectivity index (χ3n) is 4.74. The van der Waals surface area contributed by atoms with Crippen molar-refractivity contribution in [1.29, 1.82) is 0 Å². The molecule has 2 N–H and O–H groups in total. The van der Waals surface area contributed by atoms with Gasteiger partial charge in [0.15, 0.2) is 0 Å². The zero-order valence-electron chi connectivity index (χ0n) is 16.6. The molecule has 8 heteroatoms. The van der Waals surface area contributed by atoms with Crippen LogP contribution in [0.5, 0.6) is 5.75 Å². The molecule has 152 valence electrons. The van der Waals surface area contributed by atoms with E-state index in [0.29, 0.717) is 18.0 Å². The van der Waals surface area contributed by atoms with Crippen molar-refractivity contribution in [3.8, 4) is 17.0 Å². The number of aromatic amines is 1. The Morgan fingerprint density at radius 3 is 2.73 bits per heavy atom. The number of H-pyrrole nitrogens is 1. The van der Waals surface area contributed by atoms with Crippen molar-refractivity contribution in [2.45, 2.75) is 19.9 Å². The van der Waals surface area contributed by atoms with Gasteiger partial charge in [-0.3, -0.25) is 14.7 Å². The predicted molar refractivity (Wildman–Crippen MR) is 115 cm³/mol. The van der Waals surface area contributed by atoms with E-state index in [0.717, 1.165) is 22.2 Å². The number of hydrogen-bond donors (Lipinski definition) is 2. The first-order chi connectivity index (χ1) is 14.5. The Morgan fingerprint density at radius 1 is 1.17 bits per heavy atom. The molecule has 2 aromatic heterocycles. The number of ether oxygens (including phenoxy) is 1. The molecule has 4 aromatic rings. The molecule has 0 radical (unpaired) electrons. The lowest BCUT2D eigenvalue weighted by molar-refractivity contribution is -0.119. The zero-order valence-corrected chi connectivity index (χ0v) is 16.6. The van der Waals surface area contributed by atoms with Crippen LogP contribution in [0.3, 0.4) is 0 Å². The van der Waals surface area contributed by atoms with Gasteiger partial charge >= 0.3 is 0 Å². The van der Waals surface area contributed by atoms with E-state index >= 15 is 0 Å². The molecule has 2 heterocycles. The van der Waals surface area contributed by atoms with Crippen molar-refractivity contribution in [1.82, 2.24) is 20.0 Å². The second-order valence-electron chi connectivity index (χ2n) is 6.80. The monoisotopic (exact) mass is 403 g/mol. The van der Waals surface area contributed by atoms with E-state index in [1.165, 1.54) is 10.7 Å². The van der Waals surface area contributed by atoms with Crippen LogP contribution in [-0.4, -0.2) is 32.5 Å². The first-order valence-electron chi connectivity index (χ1n) is 9.62. The van der Waals surface area contributed by atoms with Crippen molar-refractivity contribution in [3.63, 3.8) is 0 Å². The molecule has 8 nitrogen and oxygen atoms in total. The molecule has 2 aromatic carbocycles. The van der Waals surface area contributed by atoms with Crippen molar-refractivity contribution in [2.75, 3.05) is 11.9 Å². The first-order valence-corrected chi connectivity index (χ1v) is 9.62. The largest absolute Gasteiger partial charge is 0.494 e. The van der Waals surface area contributed by atoms with Crippen LogP contribution in [0, 0.1) is 0 Å². The number of fused-ring (bicyclic) bond motifs is 1. The summed E-state index contributed by atoms with van der Waals surface area (Å²) in [6.45, 7) is 4.15. The summed E-state index contributed by atoms with van der Waals surface area (Å²) >= 11 is 0. The molecule has 4 rings (SSSR count). The van der Waals surface area contributed by atoms with Gasteiger partial charge in [0.25, 0.3) is 5.56 Å². The molecule has 0 spiro atoms. The number of carbonyl (C=O) groups excluding carboxylic acids is 1. The Bertz CT molecular complexity index is 1240. The number of nitrogens with one attached hydrogen (secondary N) is 2. The molecule has 0 aliphatic heterocycles. The van der Waals surface area contributed by atoms with Gasteiger partial charge in [0.05, 0.1) is 24.0 Å². The van der Waals surface area contributed by atoms with Gasteiger partial charge in [0, 0.05) is 22.7 Å². The number of anilines is 1. The number of nitrogens with zero attached hydrogens (tertiary/aromatic N) is 3. The van der Waals surface area contributed by atoms with Crippen LogP contribution < -0.4 is 15.6 Å². The summed E-state index contributed by atoms with van der Waals surface area (Å²) in [5.74, 6) is 0.420. The molecule has 30 heavy (non-hydrogen) atoms. The van der Waals surface area contributed by atoms with Crippen LogP contribution in [-0.2, 0) is 4.79 Å². The van der Waals surface area contributed by atoms with Gasteiger partial charge in [-0.25, -0.2) is 4.68 Å². The second-order valence-corrected chi connectivity index (χ2v) is 6.80. The number of amides is 1. The highest BCUT2D eigenvalue weighted by atomic mass is 16.5. The standard InChI is InChI=1S/C22H21N5O3/c1-3-30-18-8-5-15(6-9-18)19-10-11-21(28)27(26-19)14(2)22(29)24-17-7-4-16-13-23-25-20(16)12-17/h4-14H,3H2,1-2H3,(H,23,25)(H,24,29). The quantitative estimate of drug-likeness (QED) is 0.514. The summed E-state index contributed by atoms with van der Waals surface area (Å²) in [6.07, 6.45) is 1.71. The van der Waals surface area contributed by atoms with Crippen LogP contribution in [0.1, 0.15) is 19.9 Å². The maximum absolute atomic E-state index is 12.8. The van der Waals surface area contributed by atoms with E-state index in [2.05, 4.69) is 20.6 Å². The molecule has 1 amide bonds. The highest BCUT2D eigenvalue weighted by Gasteiger charge is 2.18. The van der Waals surface area contributed by atoms with Gasteiger partial charge in [-0.15, -0.1) is 0 Å². The third-order valence-corrected chi connectivity index (χ3v) is 4.74. The van der Waals surface area contributed by atoms with Crippen molar-refractivity contribution >= 4 is 22.5 Å². The van der Waals surface area contributed by atoms with E-state index in [4.69, 9.17) is 4.74 Å². The number of hydrogen-bond acceptors (Lipinski definition) is 5. The molecule has 0 bridgehead atoms. The Kier molecular flexibility index (Phi) is 5.30. The SMILES string of the molecule is CCOc1ccc(-c2ccc(=O)n(C(C)C(=O)Nc3ccc4cn[nH]c4c3)n2)cc1. The van der Waals surface area contributed by atoms with Gasteiger partial charge in [-0.1, -0.05) is 0 Å². The lowest BCUT2D eigenvalue weighted by Gasteiger charge is -2.15. The lowest BCUT2D eigenvalue weighted by Crippen LogP contribution is -2.33. The van der Waals surface area contributed by atoms with Crippen molar-refractivity contribution in [3.05, 3.63) is 71.1 Å². The minimum Gasteiger partial charge on any atom is -0.494 e. The summed E-state index contributed by atoms with van der Waals surface area (Å²) in [6, 6.07) is 15.1. The fraction of sp³-hybridized carbons (Fsp3) is 0.182. The Morgan fingerprint density at radius 2 is 1.97 bits per heavy atom. The normalized spacial score (nSPS) is 11.9. The highest BCUT2D eigenvalue weighted by Crippen LogP contribution is 2.21. The van der Waals surface area contributed by atoms with Crippen molar-refractivity contribution in [2.24, 2.45) is 0 Å². The number of benzene rings is 2. The van der Waals surface area contributed by atoms with Gasteiger partial charge in [-0.2, -0.15) is 10.2 Å². The lowest BCUT2D eigenvalue weighted by atomic mass is 10.1. The summed E-state index contributed by atoms with van der Waals surface area (Å²) in [4.78, 5) is 25.1. The van der Waals surface area contributed by atoms with Crippen LogP contribution in [0.4, 0.5) is 5.69 Å². The molecule has 0 saturated carbocycles. The smallest absolute Gasteiger partial charge is 0.267 e. The van der Waals surface area contributed by atoms with E-state index in [1.54, 1.807) is 31.3 Å². The molecule has 0 fully saturated rings. The van der Waals surface area contributed by atoms with E-state index in [-0.39, 0.29) is 11.5 Å². The van der Waals surface area contributed by atoms with Gasteiger partial charge in [-0.05, 0) is 62.4 Å². The Hall–Kier alpha value is -3.94. The first kappa shape index (κ1) is 19.4. The maximum Gasteiger partial charge on any atom is 0.267 e. The van der Waals surface area contributed by atoms with E-state index < -0.39 is 6.04 Å². The van der Waals surface area contributed by atoms with Gasteiger partial charge in [0.1, 0.15) is 11.8 Å². The molecule has 0 saturated heterocycles. The van der Waals surface area contributed by atoms with E-state index in [1.807, 2.05) is 37.3 Å². The summed E-state index contributed by atoms with van der Waals surface area (Å²) in [5, 5.41) is 15.0. The molecule has 1 unspecified atom stereocenters. The number of aromatic nitrogens is 4. The van der Waals surface area contributed by atoms with Gasteiger partial charge in [0.2, 0.25) is 5.91 Å². The van der Waals surface area contributed by atoms with Crippen molar-refractivity contribution < 1.29 is 9.53 Å². The average molecular weight is 403 g/mol. The minimum atomic E-state index is -0.794. The van der Waals surface area contributed by atoms with E-state index in [9.17, 15) is 9.59 Å². The summed E-state index contributed by atoms with van der Waals surface area (Å²) in [7, 11) is 0. The average Bonchev–Trinajstić information content (AvgIpc) is 3.22. The molecule has 1 atom stereocenters. The maximum atomic E-state index is 12.8. The predicted octanol–water partition coefficient (Wildman–Crippen LogP) is 3.39. The fourth-order valence-corrected chi connectivity index (χ4v) is 3.12. The summed E-state index contributed by atoms with van der Waals surface area (Å²) < 4.78 is 6.64. The highest BCUT2D eigenvalue weighted by molar-refractivity contribution is 5.95. The summed E-state index contributed by atoms with van der Waals surface area (Å²) in [5.41, 5.74) is 2.49. The zero-order chi connectivity index (χ0) is 21.1. The number of carbonyl (C=O) groups is 1. The minimum absolute atomic E-state index is 0.340.